The third-order valence-electron chi connectivity index (χ3n) is 3.02. The van der Waals surface area contributed by atoms with Gasteiger partial charge in [0.25, 0.3) is 5.91 Å². The molecule has 5 nitrogen and oxygen atoms in total. The molecule has 0 aliphatic carbocycles. The largest absolute Gasteiger partial charge is 0.398 e. The van der Waals surface area contributed by atoms with Crippen molar-refractivity contribution in [2.45, 2.75) is 34.2 Å². The molecule has 1 amide bonds. The second-order valence-corrected chi connectivity index (χ2v) is 4.91. The van der Waals surface area contributed by atoms with Crippen molar-refractivity contribution in [1.29, 1.82) is 5.41 Å². The van der Waals surface area contributed by atoms with Crippen LogP contribution in [0.3, 0.4) is 0 Å². The lowest BCUT2D eigenvalue weighted by Crippen LogP contribution is -2.23. The summed E-state index contributed by atoms with van der Waals surface area (Å²) >= 11 is 0. The van der Waals surface area contributed by atoms with Crippen molar-refractivity contribution >= 4 is 17.3 Å². The van der Waals surface area contributed by atoms with Crippen LogP contribution >= 0.6 is 0 Å². The Hall–Kier alpha value is -2.66. The molecule has 5 heteroatoms. The van der Waals surface area contributed by atoms with Gasteiger partial charge in [-0.15, -0.1) is 0 Å². The summed E-state index contributed by atoms with van der Waals surface area (Å²) in [5.74, 6) is -0.170. The van der Waals surface area contributed by atoms with Gasteiger partial charge in [-0.1, -0.05) is 44.2 Å². The van der Waals surface area contributed by atoms with Crippen LogP contribution < -0.4 is 11.1 Å². The molecule has 0 spiro atoms. The van der Waals surface area contributed by atoms with Crippen LogP contribution in [-0.2, 0) is 6.54 Å². The average molecular weight is 343 g/mol. The van der Waals surface area contributed by atoms with Crippen LogP contribution in [0, 0.1) is 5.41 Å². The van der Waals surface area contributed by atoms with Gasteiger partial charge in [0.15, 0.2) is 0 Å². The summed E-state index contributed by atoms with van der Waals surface area (Å²) < 4.78 is 0. The monoisotopic (exact) mass is 343 g/mol. The Morgan fingerprint density at radius 3 is 2.24 bits per heavy atom. The molecule has 0 aromatic heterocycles. The van der Waals surface area contributed by atoms with Gasteiger partial charge in [0.05, 0.1) is 0 Å². The molecule has 0 unspecified atom stereocenters. The number of benzene rings is 2. The molecule has 5 N–H and O–H groups in total. The SMILES string of the molecule is CC.CC(=N)c1cc(C(=O)NCc2ccccc2)ccc1N.CCO. The third kappa shape index (κ3) is 8.13. The van der Waals surface area contributed by atoms with E-state index in [0.717, 1.165) is 5.56 Å². The normalized spacial score (nSPS) is 9.00. The van der Waals surface area contributed by atoms with E-state index in [-0.39, 0.29) is 12.5 Å². The number of nitrogen functional groups attached to an aromatic ring is 1. The zero-order valence-electron chi connectivity index (χ0n) is 15.5. The molecule has 0 bridgehead atoms. The maximum absolute atomic E-state index is 12.1. The van der Waals surface area contributed by atoms with Gasteiger partial charge < -0.3 is 21.6 Å². The third-order valence-corrected chi connectivity index (χ3v) is 3.02. The number of aliphatic hydroxyl groups is 1. The minimum Gasteiger partial charge on any atom is -0.398 e. The quantitative estimate of drug-likeness (QED) is 0.504. The topological polar surface area (TPSA) is 99.2 Å². The Kier molecular flexibility index (Phi) is 11.4. The zero-order valence-corrected chi connectivity index (χ0v) is 15.5. The number of nitrogens with two attached hydrogens (primary N) is 1. The number of carbonyl (C=O) groups excluding carboxylic acids is 1. The summed E-state index contributed by atoms with van der Waals surface area (Å²) in [4.78, 5) is 12.1. The van der Waals surface area contributed by atoms with Crippen molar-refractivity contribution in [3.8, 4) is 0 Å². The van der Waals surface area contributed by atoms with Gasteiger partial charge in [0.2, 0.25) is 0 Å². The molecule has 2 aromatic carbocycles. The second-order valence-electron chi connectivity index (χ2n) is 4.91. The number of anilines is 1. The van der Waals surface area contributed by atoms with E-state index in [1.54, 1.807) is 32.0 Å². The molecule has 0 radical (unpaired) electrons. The lowest BCUT2D eigenvalue weighted by molar-refractivity contribution is 0.0951. The molecule has 2 rings (SSSR count). The molecule has 0 aliphatic heterocycles. The zero-order chi connectivity index (χ0) is 19.2. The molecule has 0 saturated heterocycles. The highest BCUT2D eigenvalue weighted by atomic mass is 16.2. The van der Waals surface area contributed by atoms with E-state index >= 15 is 0 Å². The fourth-order valence-electron chi connectivity index (χ4n) is 1.90. The molecule has 0 heterocycles. The van der Waals surface area contributed by atoms with E-state index in [4.69, 9.17) is 16.2 Å². The standard InChI is InChI=1S/C16H17N3O.C2H6O.C2H6/c1-11(17)14-9-13(7-8-15(14)18)16(20)19-10-12-5-3-2-4-6-12;1-2-3;1-2/h2-9,17H,10,18H2,1H3,(H,19,20);3H,2H2,1H3;1-2H3. The molecule has 0 saturated carbocycles. The molecule has 0 atom stereocenters. The van der Waals surface area contributed by atoms with Crippen LogP contribution in [0.5, 0.6) is 0 Å². The van der Waals surface area contributed by atoms with Gasteiger partial charge in [0, 0.05) is 35.7 Å². The van der Waals surface area contributed by atoms with E-state index in [0.29, 0.717) is 29.1 Å². The van der Waals surface area contributed by atoms with Gasteiger partial charge in [-0.05, 0) is 37.6 Å². The average Bonchev–Trinajstić information content (AvgIpc) is 2.63. The van der Waals surface area contributed by atoms with Crippen LogP contribution in [0.1, 0.15) is 49.2 Å². The van der Waals surface area contributed by atoms with E-state index < -0.39 is 0 Å². The van der Waals surface area contributed by atoms with Gasteiger partial charge in [0.1, 0.15) is 0 Å². The molecular weight excluding hydrogens is 314 g/mol. The fraction of sp³-hybridized carbons (Fsp3) is 0.300. The van der Waals surface area contributed by atoms with Gasteiger partial charge in [-0.3, -0.25) is 4.79 Å². The first-order valence-electron chi connectivity index (χ1n) is 8.37. The molecule has 2 aromatic rings. The maximum atomic E-state index is 12.1. The highest BCUT2D eigenvalue weighted by molar-refractivity contribution is 6.04. The highest BCUT2D eigenvalue weighted by Gasteiger charge is 2.09. The minimum atomic E-state index is -0.170. The Balaban J connectivity index is 0.00000104. The van der Waals surface area contributed by atoms with Crippen molar-refractivity contribution < 1.29 is 9.90 Å². The van der Waals surface area contributed by atoms with Gasteiger partial charge in [-0.2, -0.15) is 0 Å². The summed E-state index contributed by atoms with van der Waals surface area (Å²) in [5.41, 5.74) is 8.79. The van der Waals surface area contributed by atoms with Crippen LogP contribution in [0.25, 0.3) is 0 Å². The summed E-state index contributed by atoms with van der Waals surface area (Å²) in [5, 5.41) is 18.1. The molecule has 0 aliphatic rings. The first-order chi connectivity index (χ1) is 12.0. The van der Waals surface area contributed by atoms with E-state index in [9.17, 15) is 4.79 Å². The summed E-state index contributed by atoms with van der Waals surface area (Å²) in [6, 6.07) is 14.7. The van der Waals surface area contributed by atoms with Crippen molar-refractivity contribution in [2.24, 2.45) is 0 Å². The van der Waals surface area contributed by atoms with E-state index in [2.05, 4.69) is 5.32 Å². The molecule has 0 fully saturated rings. The van der Waals surface area contributed by atoms with Gasteiger partial charge in [-0.25, -0.2) is 0 Å². The van der Waals surface area contributed by atoms with E-state index in [1.807, 2.05) is 44.2 Å². The van der Waals surface area contributed by atoms with Crippen molar-refractivity contribution in [1.82, 2.24) is 5.32 Å². The number of hydrogen-bond donors (Lipinski definition) is 4. The van der Waals surface area contributed by atoms with Crippen LogP contribution in [0.4, 0.5) is 5.69 Å². The Labute approximate surface area is 150 Å². The van der Waals surface area contributed by atoms with Crippen molar-refractivity contribution in [3.05, 3.63) is 65.2 Å². The van der Waals surface area contributed by atoms with Gasteiger partial charge >= 0.3 is 0 Å². The van der Waals surface area contributed by atoms with Crippen molar-refractivity contribution in [2.75, 3.05) is 12.3 Å². The van der Waals surface area contributed by atoms with Crippen LogP contribution in [0.2, 0.25) is 0 Å². The first-order valence-corrected chi connectivity index (χ1v) is 8.37. The fourth-order valence-corrected chi connectivity index (χ4v) is 1.90. The number of carbonyl (C=O) groups is 1. The number of rotatable bonds is 4. The summed E-state index contributed by atoms with van der Waals surface area (Å²) in [7, 11) is 0. The first kappa shape index (κ1) is 22.3. The minimum absolute atomic E-state index is 0.170. The summed E-state index contributed by atoms with van der Waals surface area (Å²) in [6.45, 7) is 8.06. The van der Waals surface area contributed by atoms with Crippen LogP contribution in [-0.4, -0.2) is 23.3 Å². The van der Waals surface area contributed by atoms with E-state index in [1.165, 1.54) is 0 Å². The number of nitrogens with one attached hydrogen (secondary N) is 2. The van der Waals surface area contributed by atoms with Crippen LogP contribution in [0.15, 0.2) is 48.5 Å². The smallest absolute Gasteiger partial charge is 0.251 e. The molecule has 25 heavy (non-hydrogen) atoms. The van der Waals surface area contributed by atoms with Crippen molar-refractivity contribution in [3.63, 3.8) is 0 Å². The number of amides is 1. The number of hydrogen-bond acceptors (Lipinski definition) is 4. The Morgan fingerprint density at radius 1 is 1.16 bits per heavy atom. The lowest BCUT2D eigenvalue weighted by Gasteiger charge is -2.08. The molecule has 136 valence electrons. The molecular formula is C20H29N3O2. The predicted molar refractivity (Wildman–Crippen MR) is 105 cm³/mol. The number of aliphatic hydroxyl groups excluding tert-OH is 1. The highest BCUT2D eigenvalue weighted by Crippen LogP contribution is 2.15. The second kappa shape index (κ2) is 12.7. The predicted octanol–water partition coefficient (Wildman–Crippen LogP) is 3.61. The summed E-state index contributed by atoms with van der Waals surface area (Å²) in [6.07, 6.45) is 0. The lowest BCUT2D eigenvalue weighted by atomic mass is 10.0. The Bertz CT molecular complexity index is 655. The maximum Gasteiger partial charge on any atom is 0.251 e. The Morgan fingerprint density at radius 2 is 1.72 bits per heavy atom.